The maximum Gasteiger partial charge on any atom is 0.160 e. The average Bonchev–Trinajstić information content (AvgIpc) is 2.86. The van der Waals surface area contributed by atoms with E-state index >= 15 is 0 Å². The molecule has 5 nitrogen and oxygen atoms in total. The number of hydrogen-bond acceptors (Lipinski definition) is 6. The van der Waals surface area contributed by atoms with Crippen molar-refractivity contribution < 1.29 is 4.74 Å². The van der Waals surface area contributed by atoms with Gasteiger partial charge in [0, 0.05) is 23.8 Å². The van der Waals surface area contributed by atoms with Crippen LogP contribution < -0.4 is 10.1 Å². The van der Waals surface area contributed by atoms with E-state index in [-0.39, 0.29) is 0 Å². The summed E-state index contributed by atoms with van der Waals surface area (Å²) in [6, 6.07) is 0. The zero-order valence-corrected chi connectivity index (χ0v) is 13.8. The Morgan fingerprint density at radius 1 is 1.33 bits per heavy atom. The summed E-state index contributed by atoms with van der Waals surface area (Å²) in [7, 11) is 1.90. The van der Waals surface area contributed by atoms with Crippen LogP contribution in [0.2, 0.25) is 0 Å². The molecule has 114 valence electrons. The van der Waals surface area contributed by atoms with Crippen LogP contribution in [0.4, 0.5) is 0 Å². The predicted octanol–water partition coefficient (Wildman–Crippen LogP) is 2.71. The van der Waals surface area contributed by atoms with Crippen molar-refractivity contribution in [2.75, 3.05) is 13.7 Å². The fourth-order valence-corrected chi connectivity index (χ4v) is 2.70. The molecule has 0 fully saturated rings. The van der Waals surface area contributed by atoms with Gasteiger partial charge in [0.2, 0.25) is 0 Å². The third kappa shape index (κ3) is 4.22. The number of rotatable bonds is 7. The van der Waals surface area contributed by atoms with Gasteiger partial charge in [-0.05, 0) is 14.0 Å². The van der Waals surface area contributed by atoms with E-state index in [0.29, 0.717) is 19.1 Å². The second-order valence-electron chi connectivity index (χ2n) is 5.18. The van der Waals surface area contributed by atoms with Crippen molar-refractivity contribution in [3.63, 3.8) is 0 Å². The highest BCUT2D eigenvalue weighted by atomic mass is 32.1. The number of aromatic nitrogens is 3. The highest BCUT2D eigenvalue weighted by Gasteiger charge is 2.11. The van der Waals surface area contributed by atoms with Crippen molar-refractivity contribution in [1.82, 2.24) is 20.3 Å². The normalized spacial score (nSPS) is 11.1. The second kappa shape index (κ2) is 7.47. The summed E-state index contributed by atoms with van der Waals surface area (Å²) in [4.78, 5) is 14.5. The van der Waals surface area contributed by atoms with Gasteiger partial charge in [0.05, 0.1) is 29.7 Å². The minimum Gasteiger partial charge on any atom is -0.490 e. The van der Waals surface area contributed by atoms with Crippen LogP contribution in [0.5, 0.6) is 5.75 Å². The fourth-order valence-electron chi connectivity index (χ4n) is 1.93. The van der Waals surface area contributed by atoms with Gasteiger partial charge in [-0.2, -0.15) is 0 Å². The van der Waals surface area contributed by atoms with E-state index in [4.69, 9.17) is 4.74 Å². The van der Waals surface area contributed by atoms with E-state index in [9.17, 15) is 0 Å². The quantitative estimate of drug-likeness (QED) is 0.852. The molecule has 0 aromatic carbocycles. The van der Waals surface area contributed by atoms with E-state index in [1.807, 2.05) is 19.5 Å². The minimum atomic E-state index is 0.314. The lowest BCUT2D eigenvalue weighted by Gasteiger charge is -2.12. The van der Waals surface area contributed by atoms with Crippen molar-refractivity contribution in [3.8, 4) is 5.75 Å². The maximum absolute atomic E-state index is 5.87. The Balaban J connectivity index is 2.03. The van der Waals surface area contributed by atoms with Crippen LogP contribution in [0.1, 0.15) is 41.9 Å². The minimum absolute atomic E-state index is 0.314. The number of aryl methyl sites for hydroxylation is 1. The Morgan fingerprint density at radius 3 is 2.76 bits per heavy atom. The molecule has 0 radical (unpaired) electrons. The molecule has 2 aromatic heterocycles. The van der Waals surface area contributed by atoms with Gasteiger partial charge in [-0.1, -0.05) is 13.8 Å². The molecule has 0 unspecified atom stereocenters. The summed E-state index contributed by atoms with van der Waals surface area (Å²) in [6.07, 6.45) is 2.65. The Labute approximate surface area is 129 Å². The van der Waals surface area contributed by atoms with E-state index in [1.54, 1.807) is 17.5 Å². The van der Waals surface area contributed by atoms with Crippen molar-refractivity contribution in [2.24, 2.45) is 0 Å². The van der Waals surface area contributed by atoms with Crippen LogP contribution in [0, 0.1) is 6.92 Å². The summed E-state index contributed by atoms with van der Waals surface area (Å²) in [6.45, 7) is 7.50. The van der Waals surface area contributed by atoms with Crippen LogP contribution in [0.25, 0.3) is 0 Å². The highest BCUT2D eigenvalue weighted by molar-refractivity contribution is 7.09. The summed E-state index contributed by atoms with van der Waals surface area (Å²) < 4.78 is 5.87. The molecule has 2 rings (SSSR count). The molecule has 0 atom stereocenters. The monoisotopic (exact) mass is 306 g/mol. The molecule has 0 saturated carbocycles. The first-order valence-electron chi connectivity index (χ1n) is 7.14. The van der Waals surface area contributed by atoms with Crippen molar-refractivity contribution in [2.45, 2.75) is 39.7 Å². The molecule has 0 aliphatic rings. The number of ether oxygens (including phenoxy) is 1. The van der Waals surface area contributed by atoms with Crippen molar-refractivity contribution in [1.29, 1.82) is 0 Å². The summed E-state index contributed by atoms with van der Waals surface area (Å²) in [5.41, 5.74) is 3.88. The molecule has 2 aromatic rings. The Morgan fingerprint density at radius 2 is 2.14 bits per heavy atom. The Bertz CT molecular complexity index is 583. The van der Waals surface area contributed by atoms with Gasteiger partial charge in [0.1, 0.15) is 5.82 Å². The molecule has 2 heterocycles. The lowest BCUT2D eigenvalue weighted by molar-refractivity contribution is 0.314. The maximum atomic E-state index is 5.87. The molecule has 0 saturated heterocycles. The molecule has 1 N–H and O–H groups in total. The van der Waals surface area contributed by atoms with E-state index in [0.717, 1.165) is 29.4 Å². The van der Waals surface area contributed by atoms with Gasteiger partial charge in [-0.3, -0.25) is 0 Å². The standard InChI is InChI=1S/C15H22N4OS/c1-10(2)15-17-8-13(12(19-15)7-16-4)20-6-5-14-11(3)18-9-21-14/h8-10,16H,5-7H2,1-4H3. The van der Waals surface area contributed by atoms with Crippen LogP contribution in [-0.2, 0) is 13.0 Å². The van der Waals surface area contributed by atoms with Gasteiger partial charge >= 0.3 is 0 Å². The first-order chi connectivity index (χ1) is 10.1. The summed E-state index contributed by atoms with van der Waals surface area (Å²) in [5, 5.41) is 3.13. The van der Waals surface area contributed by atoms with E-state index in [2.05, 4.69) is 34.1 Å². The molecule has 6 heteroatoms. The van der Waals surface area contributed by atoms with Crippen LogP contribution in [0.15, 0.2) is 11.7 Å². The van der Waals surface area contributed by atoms with Crippen molar-refractivity contribution in [3.05, 3.63) is 33.8 Å². The first kappa shape index (κ1) is 15.9. The second-order valence-corrected chi connectivity index (χ2v) is 6.12. The third-order valence-corrected chi connectivity index (χ3v) is 4.14. The SMILES string of the molecule is CNCc1nc(C(C)C)ncc1OCCc1scnc1C. The number of thiazole rings is 1. The molecule has 0 aliphatic heterocycles. The zero-order valence-electron chi connectivity index (χ0n) is 13.0. The molecule has 0 amide bonds. The van der Waals surface area contributed by atoms with Gasteiger partial charge in [-0.15, -0.1) is 11.3 Å². The largest absolute Gasteiger partial charge is 0.490 e. The number of nitrogens with zero attached hydrogens (tertiary/aromatic N) is 3. The highest BCUT2D eigenvalue weighted by Crippen LogP contribution is 2.19. The molecule has 0 bridgehead atoms. The van der Waals surface area contributed by atoms with Crippen LogP contribution >= 0.6 is 11.3 Å². The first-order valence-corrected chi connectivity index (χ1v) is 8.02. The molecule has 0 aliphatic carbocycles. The molecule has 0 spiro atoms. The smallest absolute Gasteiger partial charge is 0.160 e. The summed E-state index contributed by atoms with van der Waals surface area (Å²) >= 11 is 1.67. The molecular formula is C15H22N4OS. The van der Waals surface area contributed by atoms with E-state index < -0.39 is 0 Å². The van der Waals surface area contributed by atoms with Gasteiger partial charge in [-0.25, -0.2) is 15.0 Å². The van der Waals surface area contributed by atoms with Gasteiger partial charge in [0.25, 0.3) is 0 Å². The number of nitrogens with one attached hydrogen (secondary N) is 1. The van der Waals surface area contributed by atoms with Crippen LogP contribution in [0.3, 0.4) is 0 Å². The molecular weight excluding hydrogens is 284 g/mol. The lowest BCUT2D eigenvalue weighted by Crippen LogP contribution is -2.13. The summed E-state index contributed by atoms with van der Waals surface area (Å²) in [5.74, 6) is 1.93. The van der Waals surface area contributed by atoms with Crippen LogP contribution in [-0.4, -0.2) is 28.6 Å². The predicted molar refractivity (Wildman–Crippen MR) is 84.9 cm³/mol. The van der Waals surface area contributed by atoms with Crippen molar-refractivity contribution >= 4 is 11.3 Å². The zero-order chi connectivity index (χ0) is 15.2. The molecule has 21 heavy (non-hydrogen) atoms. The fraction of sp³-hybridized carbons (Fsp3) is 0.533. The lowest BCUT2D eigenvalue weighted by atomic mass is 10.2. The Hall–Kier alpha value is -1.53. The third-order valence-electron chi connectivity index (χ3n) is 3.14. The Kier molecular flexibility index (Phi) is 5.64. The topological polar surface area (TPSA) is 59.9 Å². The van der Waals surface area contributed by atoms with Gasteiger partial charge < -0.3 is 10.1 Å². The van der Waals surface area contributed by atoms with Gasteiger partial charge in [0.15, 0.2) is 5.75 Å². The average molecular weight is 306 g/mol. The number of hydrogen-bond donors (Lipinski definition) is 1. The van der Waals surface area contributed by atoms with E-state index in [1.165, 1.54) is 4.88 Å².